The van der Waals surface area contributed by atoms with Crippen LogP contribution in [0.15, 0.2) is 48.7 Å². The van der Waals surface area contributed by atoms with Crippen molar-refractivity contribution in [2.24, 2.45) is 0 Å². The summed E-state index contributed by atoms with van der Waals surface area (Å²) in [7, 11) is 0. The molecule has 0 radical (unpaired) electrons. The number of hydrogen-bond donors (Lipinski definition) is 1. The van der Waals surface area contributed by atoms with E-state index in [1.165, 1.54) is 41.5 Å². The number of nitrogens with one attached hydrogen (secondary N) is 1. The van der Waals surface area contributed by atoms with E-state index in [1.807, 2.05) is 12.3 Å². The minimum atomic E-state index is -0.0416. The molecule has 0 saturated heterocycles. The van der Waals surface area contributed by atoms with E-state index in [0.717, 1.165) is 55.6 Å². The monoisotopic (exact) mass is 414 g/mol. The number of benzene rings is 2. The van der Waals surface area contributed by atoms with Crippen LogP contribution in [-0.4, -0.2) is 11.5 Å². The molecule has 1 aliphatic carbocycles. The topological polar surface area (TPSA) is 24.9 Å². The summed E-state index contributed by atoms with van der Waals surface area (Å²) in [5.74, 6) is 1.43. The van der Waals surface area contributed by atoms with Crippen LogP contribution in [0.1, 0.15) is 66.3 Å². The third-order valence-electron chi connectivity index (χ3n) is 7.11. The van der Waals surface area contributed by atoms with Gasteiger partial charge in [0.25, 0.3) is 0 Å². The van der Waals surface area contributed by atoms with Crippen LogP contribution in [0, 0.1) is 5.82 Å². The summed E-state index contributed by atoms with van der Waals surface area (Å²) in [5.41, 5.74) is 7.56. The van der Waals surface area contributed by atoms with Crippen LogP contribution in [-0.2, 0) is 25.7 Å². The first kappa shape index (κ1) is 20.2. The van der Waals surface area contributed by atoms with Crippen molar-refractivity contribution in [3.8, 4) is 11.1 Å². The zero-order valence-electron chi connectivity index (χ0n) is 18.4. The third kappa shape index (κ3) is 4.11. The highest BCUT2D eigenvalue weighted by atomic mass is 19.1. The van der Waals surface area contributed by atoms with Gasteiger partial charge < -0.3 is 5.32 Å². The lowest BCUT2D eigenvalue weighted by Crippen LogP contribution is -2.14. The second kappa shape index (κ2) is 8.82. The first-order chi connectivity index (χ1) is 15.2. The molecule has 2 nitrogen and oxygen atoms in total. The second-order valence-electron chi connectivity index (χ2n) is 9.05. The van der Waals surface area contributed by atoms with Gasteiger partial charge in [0.2, 0.25) is 0 Å². The van der Waals surface area contributed by atoms with E-state index in [-0.39, 0.29) is 5.82 Å². The predicted octanol–water partition coefficient (Wildman–Crippen LogP) is 6.86. The summed E-state index contributed by atoms with van der Waals surface area (Å²) in [5, 5.41) is 3.35. The maximum absolute atomic E-state index is 15.9. The van der Waals surface area contributed by atoms with Gasteiger partial charge in [0.15, 0.2) is 0 Å². The Morgan fingerprint density at radius 2 is 1.81 bits per heavy atom. The first-order valence-electron chi connectivity index (χ1n) is 11.8. The molecule has 0 amide bonds. The number of nitrogens with zero attached hydrogens (tertiary/aromatic N) is 1. The van der Waals surface area contributed by atoms with Crippen LogP contribution >= 0.6 is 0 Å². The lowest BCUT2D eigenvalue weighted by molar-refractivity contribution is 0.414. The largest absolute Gasteiger partial charge is 0.370 e. The Hall–Kier alpha value is -2.68. The summed E-state index contributed by atoms with van der Waals surface area (Å²) < 4.78 is 15.9. The Morgan fingerprint density at radius 1 is 1.00 bits per heavy atom. The van der Waals surface area contributed by atoms with Gasteiger partial charge in [-0.1, -0.05) is 49.7 Å². The van der Waals surface area contributed by atoms with Crippen LogP contribution in [0.3, 0.4) is 0 Å². The fourth-order valence-corrected chi connectivity index (χ4v) is 4.92. The van der Waals surface area contributed by atoms with Crippen molar-refractivity contribution in [2.75, 3.05) is 11.9 Å². The summed E-state index contributed by atoms with van der Waals surface area (Å²) in [4.78, 5) is 4.58. The molecule has 1 aromatic heterocycles. The number of aromatic nitrogens is 1. The van der Waals surface area contributed by atoms with Crippen molar-refractivity contribution in [3.05, 3.63) is 82.3 Å². The summed E-state index contributed by atoms with van der Waals surface area (Å²) >= 11 is 0. The van der Waals surface area contributed by atoms with Gasteiger partial charge in [-0.2, -0.15) is 0 Å². The highest BCUT2D eigenvalue weighted by molar-refractivity contribution is 5.68. The smallest absolute Gasteiger partial charge is 0.134 e. The molecule has 160 valence electrons. The maximum atomic E-state index is 15.9. The molecular weight excluding hydrogens is 383 g/mol. The quantitative estimate of drug-likeness (QED) is 0.476. The van der Waals surface area contributed by atoms with Gasteiger partial charge in [-0.3, -0.25) is 0 Å². The lowest BCUT2D eigenvalue weighted by atomic mass is 9.76. The summed E-state index contributed by atoms with van der Waals surface area (Å²) in [6, 6.07) is 15.1. The molecule has 1 saturated carbocycles. The van der Waals surface area contributed by atoms with Crippen molar-refractivity contribution in [1.82, 2.24) is 4.98 Å². The fourth-order valence-electron chi connectivity index (χ4n) is 4.92. The molecule has 0 atom stereocenters. The van der Waals surface area contributed by atoms with Crippen LogP contribution < -0.4 is 5.32 Å². The van der Waals surface area contributed by atoms with Crippen molar-refractivity contribution >= 4 is 5.82 Å². The van der Waals surface area contributed by atoms with Crippen LogP contribution in [0.25, 0.3) is 11.1 Å². The van der Waals surface area contributed by atoms with Crippen LogP contribution in [0.2, 0.25) is 0 Å². The number of fused-ring (bicyclic) bond motifs is 1. The third-order valence-corrected chi connectivity index (χ3v) is 7.11. The molecule has 3 heteroatoms. The Bertz CT molecular complexity index is 1070. The number of pyridine rings is 1. The van der Waals surface area contributed by atoms with Gasteiger partial charge in [0.05, 0.1) is 0 Å². The van der Waals surface area contributed by atoms with Gasteiger partial charge in [0.1, 0.15) is 11.6 Å². The fraction of sp³-hybridized carbons (Fsp3) is 0.393. The molecule has 31 heavy (non-hydrogen) atoms. The van der Waals surface area contributed by atoms with Gasteiger partial charge in [0, 0.05) is 23.9 Å². The van der Waals surface area contributed by atoms with Crippen LogP contribution in [0.5, 0.6) is 0 Å². The zero-order valence-corrected chi connectivity index (χ0v) is 18.4. The number of anilines is 1. The second-order valence-corrected chi connectivity index (χ2v) is 9.05. The molecular formula is C28H31FN2. The molecule has 1 aliphatic heterocycles. The van der Waals surface area contributed by atoms with E-state index in [0.29, 0.717) is 11.5 Å². The molecule has 2 aromatic carbocycles. The van der Waals surface area contributed by atoms with E-state index in [9.17, 15) is 0 Å². The van der Waals surface area contributed by atoms with E-state index in [2.05, 4.69) is 53.6 Å². The average molecular weight is 415 g/mol. The molecule has 0 unspecified atom stereocenters. The van der Waals surface area contributed by atoms with Crippen molar-refractivity contribution < 1.29 is 4.39 Å². The highest BCUT2D eigenvalue weighted by Gasteiger charge is 2.25. The van der Waals surface area contributed by atoms with Gasteiger partial charge >= 0.3 is 0 Å². The molecule has 0 bridgehead atoms. The minimum absolute atomic E-state index is 0.0416. The van der Waals surface area contributed by atoms with Crippen molar-refractivity contribution in [2.45, 2.75) is 64.2 Å². The summed E-state index contributed by atoms with van der Waals surface area (Å²) in [6.07, 6.45) is 10.2. The molecule has 2 aliphatic rings. The Kier molecular flexibility index (Phi) is 5.76. The van der Waals surface area contributed by atoms with Gasteiger partial charge in [-0.25, -0.2) is 9.37 Å². The number of hydrogen-bond acceptors (Lipinski definition) is 2. The molecule has 0 spiro atoms. The molecule has 1 fully saturated rings. The molecule has 5 rings (SSSR count). The van der Waals surface area contributed by atoms with Gasteiger partial charge in [-0.05, 0) is 84.7 Å². The molecule has 2 heterocycles. The van der Waals surface area contributed by atoms with Crippen LogP contribution in [0.4, 0.5) is 10.2 Å². The minimum Gasteiger partial charge on any atom is -0.370 e. The SMILES string of the molecule is CCc1ccc(CCc2c(C3CCC3)ccc(-c3cnc4c(c3)CCCN4)c2F)cc1. The first-order valence-corrected chi connectivity index (χ1v) is 11.8. The Morgan fingerprint density at radius 3 is 2.55 bits per heavy atom. The standard InChI is InChI=1S/C28H31FN2/c1-2-19-8-10-20(11-9-19)12-13-26-24(21-5-3-6-21)14-15-25(27(26)29)23-17-22-7-4-16-30-28(22)31-18-23/h8-11,14-15,17-18,21H,2-7,12-13,16H2,1H3,(H,30,31). The van der Waals surface area contributed by atoms with Crippen molar-refractivity contribution in [1.29, 1.82) is 0 Å². The number of halogens is 1. The number of rotatable bonds is 6. The van der Waals surface area contributed by atoms with Crippen molar-refractivity contribution in [3.63, 3.8) is 0 Å². The molecule has 1 N–H and O–H groups in total. The number of aryl methyl sites for hydroxylation is 3. The lowest BCUT2D eigenvalue weighted by Gasteiger charge is -2.29. The Labute approximate surface area is 184 Å². The Balaban J connectivity index is 1.47. The normalized spacial score (nSPS) is 15.8. The average Bonchev–Trinajstić information content (AvgIpc) is 2.78. The maximum Gasteiger partial charge on any atom is 0.134 e. The van der Waals surface area contributed by atoms with E-state index in [4.69, 9.17) is 0 Å². The highest BCUT2D eigenvalue weighted by Crippen LogP contribution is 2.41. The summed E-state index contributed by atoms with van der Waals surface area (Å²) in [6.45, 7) is 3.14. The van der Waals surface area contributed by atoms with Gasteiger partial charge in [-0.15, -0.1) is 0 Å². The molecule has 3 aromatic rings. The van der Waals surface area contributed by atoms with E-state index < -0.39 is 0 Å². The van der Waals surface area contributed by atoms with E-state index >= 15 is 4.39 Å². The van der Waals surface area contributed by atoms with E-state index in [1.54, 1.807) is 0 Å². The predicted molar refractivity (Wildman–Crippen MR) is 126 cm³/mol. The zero-order chi connectivity index (χ0) is 21.2.